The number of thioether (sulfide) groups is 1. The van der Waals surface area contributed by atoms with Crippen molar-refractivity contribution in [3.05, 3.63) is 45.1 Å². The van der Waals surface area contributed by atoms with E-state index in [9.17, 15) is 9.59 Å². The molecule has 3 aromatic rings. The Kier molecular flexibility index (Phi) is 6.94. The average molecular weight is 500 g/mol. The van der Waals surface area contributed by atoms with Gasteiger partial charge in [0, 0.05) is 11.5 Å². The predicted molar refractivity (Wildman–Crippen MR) is 136 cm³/mol. The number of carbonyl (C=O) groups is 1. The lowest BCUT2D eigenvalue weighted by Gasteiger charge is -2.18. The van der Waals surface area contributed by atoms with E-state index < -0.39 is 5.25 Å². The molecule has 1 aliphatic carbocycles. The van der Waals surface area contributed by atoms with Crippen LogP contribution in [0.25, 0.3) is 10.2 Å². The molecule has 9 heteroatoms. The van der Waals surface area contributed by atoms with E-state index in [1.807, 2.05) is 25.1 Å². The number of methoxy groups -OCH3 is 1. The summed E-state index contributed by atoms with van der Waals surface area (Å²) in [5.74, 6) is 0.435. The van der Waals surface area contributed by atoms with Crippen LogP contribution in [0.1, 0.15) is 43.0 Å². The van der Waals surface area contributed by atoms with Crippen LogP contribution in [-0.2, 0) is 28.9 Å². The van der Waals surface area contributed by atoms with Gasteiger partial charge in [0.1, 0.15) is 10.6 Å². The van der Waals surface area contributed by atoms with E-state index in [0.717, 1.165) is 55.3 Å². The molecular weight excluding hydrogens is 470 g/mol. The van der Waals surface area contributed by atoms with Gasteiger partial charge in [-0.2, -0.15) is 0 Å². The number of amides is 1. The second-order valence-corrected chi connectivity index (χ2v) is 11.2. The van der Waals surface area contributed by atoms with E-state index >= 15 is 0 Å². The van der Waals surface area contributed by atoms with Gasteiger partial charge in [-0.25, -0.2) is 4.98 Å². The number of ether oxygens (including phenoxy) is 2. The third-order valence-corrected chi connectivity index (χ3v) is 8.74. The van der Waals surface area contributed by atoms with Crippen molar-refractivity contribution in [1.29, 1.82) is 0 Å². The van der Waals surface area contributed by atoms with Gasteiger partial charge in [-0.05, 0) is 63.1 Å². The van der Waals surface area contributed by atoms with Crippen molar-refractivity contribution in [2.75, 3.05) is 19.0 Å². The average Bonchev–Trinajstić information content (AvgIpc) is 3.49. The van der Waals surface area contributed by atoms with Crippen LogP contribution in [0.2, 0.25) is 0 Å². The zero-order valence-electron chi connectivity index (χ0n) is 19.5. The fourth-order valence-corrected chi connectivity index (χ4v) is 6.88. The highest BCUT2D eigenvalue weighted by molar-refractivity contribution is 8.00. The molecule has 1 fully saturated rings. The van der Waals surface area contributed by atoms with Gasteiger partial charge in [0.15, 0.2) is 5.16 Å². The first kappa shape index (κ1) is 23.4. The fourth-order valence-electron chi connectivity index (χ4n) is 4.66. The maximum Gasteiger partial charge on any atom is 0.263 e. The molecule has 34 heavy (non-hydrogen) atoms. The molecule has 1 N–H and O–H groups in total. The molecule has 1 aromatic carbocycles. The van der Waals surface area contributed by atoms with Crippen molar-refractivity contribution in [1.82, 2.24) is 9.55 Å². The number of nitrogens with one attached hydrogen (secondary N) is 1. The van der Waals surface area contributed by atoms with Crippen LogP contribution in [0.15, 0.2) is 34.2 Å². The molecule has 0 radical (unpaired) electrons. The molecule has 7 nitrogen and oxygen atoms in total. The van der Waals surface area contributed by atoms with Crippen LogP contribution < -0.4 is 15.6 Å². The van der Waals surface area contributed by atoms with E-state index in [1.165, 1.54) is 22.2 Å². The molecular formula is C25H29N3O4S2. The van der Waals surface area contributed by atoms with Crippen LogP contribution >= 0.6 is 23.1 Å². The summed E-state index contributed by atoms with van der Waals surface area (Å²) < 4.78 is 12.9. The van der Waals surface area contributed by atoms with Gasteiger partial charge >= 0.3 is 0 Å². The summed E-state index contributed by atoms with van der Waals surface area (Å²) in [5.41, 5.74) is 1.80. The number of benzene rings is 1. The number of aryl methyl sites for hydroxylation is 2. The zero-order chi connectivity index (χ0) is 23.7. The van der Waals surface area contributed by atoms with Crippen LogP contribution in [-0.4, -0.2) is 40.5 Å². The largest absolute Gasteiger partial charge is 0.495 e. The summed E-state index contributed by atoms with van der Waals surface area (Å²) in [6.07, 6.45) is 6.16. The molecule has 5 rings (SSSR count). The van der Waals surface area contributed by atoms with E-state index in [4.69, 9.17) is 14.5 Å². The lowest BCUT2D eigenvalue weighted by Crippen LogP contribution is -2.30. The monoisotopic (exact) mass is 499 g/mol. The van der Waals surface area contributed by atoms with Gasteiger partial charge in [-0.1, -0.05) is 23.9 Å². The smallest absolute Gasteiger partial charge is 0.263 e. The number of nitrogens with zero attached hydrogens (tertiary/aromatic N) is 2. The predicted octanol–water partition coefficient (Wildman–Crippen LogP) is 4.64. The second-order valence-electron chi connectivity index (χ2n) is 8.79. The van der Waals surface area contributed by atoms with E-state index in [1.54, 1.807) is 29.1 Å². The summed E-state index contributed by atoms with van der Waals surface area (Å²) in [6.45, 7) is 3.03. The highest BCUT2D eigenvalue weighted by atomic mass is 32.2. The van der Waals surface area contributed by atoms with Gasteiger partial charge < -0.3 is 14.8 Å². The first-order valence-corrected chi connectivity index (χ1v) is 13.5. The molecule has 2 aliphatic rings. The molecule has 2 atom stereocenters. The molecule has 1 amide bonds. The van der Waals surface area contributed by atoms with Gasteiger partial charge in [0.2, 0.25) is 5.91 Å². The molecule has 0 bridgehead atoms. The molecule has 3 heterocycles. The molecule has 1 saturated heterocycles. The van der Waals surface area contributed by atoms with E-state index in [-0.39, 0.29) is 17.6 Å². The van der Waals surface area contributed by atoms with Crippen LogP contribution in [0.4, 0.5) is 5.69 Å². The molecule has 1 aliphatic heterocycles. The Morgan fingerprint density at radius 2 is 2.15 bits per heavy atom. The number of anilines is 1. The lowest BCUT2D eigenvalue weighted by molar-refractivity contribution is -0.115. The Hall–Kier alpha value is -2.36. The molecule has 2 unspecified atom stereocenters. The SMILES string of the molecule is COc1ccccc1NC(=O)C(C)Sc1nc2sc3c(c2c(=O)n1CC1CCCO1)CCCC3. The van der Waals surface area contributed by atoms with E-state index in [0.29, 0.717) is 23.1 Å². The number of fused-ring (bicyclic) bond motifs is 3. The van der Waals surface area contributed by atoms with Gasteiger partial charge in [0.05, 0.1) is 36.1 Å². The number of hydrogen-bond acceptors (Lipinski definition) is 7. The van der Waals surface area contributed by atoms with Crippen molar-refractivity contribution in [2.24, 2.45) is 0 Å². The van der Waals surface area contributed by atoms with Crippen LogP contribution in [0, 0.1) is 0 Å². The molecule has 180 valence electrons. The van der Waals surface area contributed by atoms with Crippen LogP contribution in [0.5, 0.6) is 5.75 Å². The van der Waals surface area contributed by atoms with Crippen molar-refractivity contribution in [3.8, 4) is 5.75 Å². The Bertz CT molecular complexity index is 1260. The maximum atomic E-state index is 13.7. The highest BCUT2D eigenvalue weighted by Crippen LogP contribution is 2.35. The van der Waals surface area contributed by atoms with Crippen molar-refractivity contribution < 1.29 is 14.3 Å². The summed E-state index contributed by atoms with van der Waals surface area (Å²) in [5, 5.41) is 3.83. The van der Waals surface area contributed by atoms with Crippen molar-refractivity contribution in [3.63, 3.8) is 0 Å². The summed E-state index contributed by atoms with van der Waals surface area (Å²) in [4.78, 5) is 33.8. The second kappa shape index (κ2) is 10.1. The third-order valence-electron chi connectivity index (χ3n) is 6.47. The van der Waals surface area contributed by atoms with Crippen molar-refractivity contribution >= 4 is 44.9 Å². The summed E-state index contributed by atoms with van der Waals surface area (Å²) in [7, 11) is 1.58. The minimum Gasteiger partial charge on any atom is -0.495 e. The number of para-hydroxylation sites is 2. The lowest BCUT2D eigenvalue weighted by atomic mass is 9.97. The van der Waals surface area contributed by atoms with Crippen LogP contribution in [0.3, 0.4) is 0 Å². The highest BCUT2D eigenvalue weighted by Gasteiger charge is 2.27. The first-order chi connectivity index (χ1) is 16.5. The zero-order valence-corrected chi connectivity index (χ0v) is 21.1. The minimum absolute atomic E-state index is 0.000244. The number of carbonyl (C=O) groups excluding carboxylic acids is 1. The molecule has 0 saturated carbocycles. The first-order valence-electron chi connectivity index (χ1n) is 11.8. The Morgan fingerprint density at radius 3 is 2.94 bits per heavy atom. The molecule has 0 spiro atoms. The Labute approximate surface area is 206 Å². The van der Waals surface area contributed by atoms with Gasteiger partial charge in [-0.15, -0.1) is 11.3 Å². The Morgan fingerprint density at radius 1 is 1.32 bits per heavy atom. The normalized spacial score (nSPS) is 18.6. The van der Waals surface area contributed by atoms with E-state index in [2.05, 4.69) is 5.32 Å². The topological polar surface area (TPSA) is 82.5 Å². The number of thiophene rings is 1. The standard InChI is InChI=1S/C25H29N3O4S2/c1-15(22(29)26-18-10-4-5-11-19(18)31-2)33-25-27-23-21(17-9-3-6-12-20(17)34-23)24(30)28(25)14-16-8-7-13-32-16/h4-5,10-11,15-16H,3,6-9,12-14H2,1-2H3,(H,26,29). The molecule has 2 aromatic heterocycles. The summed E-state index contributed by atoms with van der Waals surface area (Å²) >= 11 is 2.96. The third kappa shape index (κ3) is 4.61. The number of aromatic nitrogens is 2. The number of hydrogen-bond donors (Lipinski definition) is 1. The summed E-state index contributed by atoms with van der Waals surface area (Å²) in [6, 6.07) is 7.32. The Balaban J connectivity index is 1.47. The van der Waals surface area contributed by atoms with Crippen molar-refractivity contribution in [2.45, 2.75) is 68.5 Å². The quantitative estimate of drug-likeness (QED) is 0.377. The minimum atomic E-state index is -0.459. The maximum absolute atomic E-state index is 13.7. The fraction of sp³-hybridized carbons (Fsp3) is 0.480. The number of rotatable bonds is 7. The van der Waals surface area contributed by atoms with Gasteiger partial charge in [0.25, 0.3) is 5.56 Å². The van der Waals surface area contributed by atoms with Gasteiger partial charge in [-0.3, -0.25) is 14.2 Å².